The number of carbonyl (C=O) groups is 2. The van der Waals surface area contributed by atoms with E-state index in [0.717, 1.165) is 0 Å². The third-order valence-corrected chi connectivity index (χ3v) is 3.47. The van der Waals surface area contributed by atoms with Gasteiger partial charge in [-0.1, -0.05) is 35.9 Å². The van der Waals surface area contributed by atoms with Gasteiger partial charge >= 0.3 is 0 Å². The second-order valence-electron chi connectivity index (χ2n) is 4.04. The van der Waals surface area contributed by atoms with Crippen LogP contribution >= 0.6 is 11.6 Å². The number of nitrogens with zero attached hydrogens (tertiary/aromatic N) is 1. The van der Waals surface area contributed by atoms with Gasteiger partial charge in [0.05, 0.1) is 0 Å². The van der Waals surface area contributed by atoms with Crippen LogP contribution in [0.25, 0.3) is 0 Å². The number of ketones is 2. The SMILES string of the molecule is CCN(CC)C1=C(Cl)C(=O)c2ccccc2C1=O. The average molecular weight is 264 g/mol. The lowest BCUT2D eigenvalue weighted by Gasteiger charge is -2.27. The van der Waals surface area contributed by atoms with E-state index >= 15 is 0 Å². The van der Waals surface area contributed by atoms with Crippen LogP contribution in [0.1, 0.15) is 34.6 Å². The molecule has 0 atom stereocenters. The summed E-state index contributed by atoms with van der Waals surface area (Å²) >= 11 is 6.08. The van der Waals surface area contributed by atoms with E-state index in [9.17, 15) is 9.59 Å². The second kappa shape index (κ2) is 4.94. The van der Waals surface area contributed by atoms with Gasteiger partial charge in [0.15, 0.2) is 0 Å². The number of halogens is 1. The van der Waals surface area contributed by atoms with Gasteiger partial charge in [-0.3, -0.25) is 9.59 Å². The second-order valence-corrected chi connectivity index (χ2v) is 4.42. The smallest absolute Gasteiger partial charge is 0.211 e. The number of carbonyl (C=O) groups excluding carboxylic acids is 2. The number of likely N-dealkylation sites (N-methyl/N-ethyl adjacent to an activating group) is 1. The van der Waals surface area contributed by atoms with Crippen molar-refractivity contribution in [2.45, 2.75) is 13.8 Å². The number of hydrogen-bond acceptors (Lipinski definition) is 3. The molecule has 0 saturated carbocycles. The van der Waals surface area contributed by atoms with Crippen LogP contribution in [0, 0.1) is 0 Å². The minimum atomic E-state index is -0.270. The summed E-state index contributed by atoms with van der Waals surface area (Å²) in [6, 6.07) is 6.79. The first-order valence-corrected chi connectivity index (χ1v) is 6.32. The molecule has 0 fully saturated rings. The molecule has 94 valence electrons. The maximum absolute atomic E-state index is 12.4. The molecule has 0 saturated heterocycles. The van der Waals surface area contributed by atoms with Crippen molar-refractivity contribution in [1.82, 2.24) is 4.90 Å². The molecular weight excluding hydrogens is 250 g/mol. The number of Topliss-reactive ketones (excluding diaryl/α,β-unsaturated/α-hetero) is 2. The first-order chi connectivity index (χ1) is 8.61. The molecule has 0 radical (unpaired) electrons. The van der Waals surface area contributed by atoms with Crippen LogP contribution in [0.3, 0.4) is 0 Å². The molecule has 1 aliphatic carbocycles. The van der Waals surface area contributed by atoms with Gasteiger partial charge < -0.3 is 4.90 Å². The zero-order valence-electron chi connectivity index (χ0n) is 10.4. The molecule has 0 aromatic heterocycles. The number of hydrogen-bond donors (Lipinski definition) is 0. The fourth-order valence-corrected chi connectivity index (χ4v) is 2.46. The highest BCUT2D eigenvalue weighted by Gasteiger charge is 2.33. The van der Waals surface area contributed by atoms with Crippen LogP contribution in [0.4, 0.5) is 0 Å². The van der Waals surface area contributed by atoms with Crippen molar-refractivity contribution in [3.8, 4) is 0 Å². The molecule has 0 aliphatic heterocycles. The van der Waals surface area contributed by atoms with Crippen LogP contribution in [-0.4, -0.2) is 29.6 Å². The average Bonchev–Trinajstić information content (AvgIpc) is 2.41. The number of fused-ring (bicyclic) bond motifs is 1. The Hall–Kier alpha value is -1.61. The summed E-state index contributed by atoms with van der Waals surface area (Å²) in [5, 5.41) is 0.0300. The Balaban J connectivity index is 2.60. The van der Waals surface area contributed by atoms with Crippen LogP contribution in [0.5, 0.6) is 0 Å². The summed E-state index contributed by atoms with van der Waals surface area (Å²) in [6.45, 7) is 5.14. The van der Waals surface area contributed by atoms with E-state index in [1.165, 1.54) is 0 Å². The van der Waals surface area contributed by atoms with Crippen LogP contribution in [0.15, 0.2) is 35.0 Å². The molecule has 0 amide bonds. The minimum absolute atomic E-state index is 0.0300. The maximum Gasteiger partial charge on any atom is 0.211 e. The first-order valence-electron chi connectivity index (χ1n) is 5.94. The Morgan fingerprint density at radius 3 is 2.00 bits per heavy atom. The van der Waals surface area contributed by atoms with Gasteiger partial charge in [-0.2, -0.15) is 0 Å². The molecule has 0 heterocycles. The molecule has 0 unspecified atom stereocenters. The maximum atomic E-state index is 12.4. The zero-order chi connectivity index (χ0) is 13.3. The van der Waals surface area contributed by atoms with Crippen molar-refractivity contribution < 1.29 is 9.59 Å². The Kier molecular flexibility index (Phi) is 3.53. The van der Waals surface area contributed by atoms with E-state index in [4.69, 9.17) is 11.6 Å². The van der Waals surface area contributed by atoms with Crippen molar-refractivity contribution in [2.75, 3.05) is 13.1 Å². The number of rotatable bonds is 3. The summed E-state index contributed by atoms with van der Waals surface area (Å²) < 4.78 is 0. The Morgan fingerprint density at radius 1 is 1.00 bits per heavy atom. The summed E-state index contributed by atoms with van der Waals surface area (Å²) in [7, 11) is 0. The van der Waals surface area contributed by atoms with Gasteiger partial charge in [0, 0.05) is 24.2 Å². The van der Waals surface area contributed by atoms with Crippen molar-refractivity contribution in [3.05, 3.63) is 46.1 Å². The molecule has 0 N–H and O–H groups in total. The van der Waals surface area contributed by atoms with E-state index in [1.807, 2.05) is 18.7 Å². The number of allylic oxidation sites excluding steroid dienone is 2. The lowest BCUT2D eigenvalue weighted by atomic mass is 9.92. The van der Waals surface area contributed by atoms with Crippen molar-refractivity contribution in [2.24, 2.45) is 0 Å². The molecule has 3 nitrogen and oxygen atoms in total. The third-order valence-electron chi connectivity index (χ3n) is 3.12. The van der Waals surface area contributed by atoms with E-state index in [0.29, 0.717) is 29.9 Å². The van der Waals surface area contributed by atoms with Crippen molar-refractivity contribution >= 4 is 23.2 Å². The van der Waals surface area contributed by atoms with Crippen LogP contribution in [0.2, 0.25) is 0 Å². The highest BCUT2D eigenvalue weighted by Crippen LogP contribution is 2.30. The fourth-order valence-electron chi connectivity index (χ4n) is 2.15. The lowest BCUT2D eigenvalue weighted by molar-refractivity contribution is 0.0949. The van der Waals surface area contributed by atoms with Crippen LogP contribution < -0.4 is 0 Å². The highest BCUT2D eigenvalue weighted by molar-refractivity contribution is 6.49. The van der Waals surface area contributed by atoms with Gasteiger partial charge in [0.1, 0.15) is 10.7 Å². The monoisotopic (exact) mass is 263 g/mol. The summed E-state index contributed by atoms with van der Waals surface area (Å²) in [5.41, 5.74) is 1.16. The Labute approximate surface area is 111 Å². The van der Waals surface area contributed by atoms with E-state index in [-0.39, 0.29) is 16.6 Å². The molecule has 1 aromatic rings. The molecule has 4 heteroatoms. The van der Waals surface area contributed by atoms with Gasteiger partial charge in [-0.15, -0.1) is 0 Å². The molecule has 1 aromatic carbocycles. The van der Waals surface area contributed by atoms with Gasteiger partial charge in [0.25, 0.3) is 0 Å². The molecule has 1 aliphatic rings. The largest absolute Gasteiger partial charge is 0.368 e. The molecular formula is C14H14ClNO2. The first kappa shape index (κ1) is 12.8. The Bertz CT molecular complexity index is 544. The molecule has 0 bridgehead atoms. The molecule has 0 spiro atoms. The predicted octanol–water partition coefficient (Wildman–Crippen LogP) is 2.86. The quantitative estimate of drug-likeness (QED) is 0.842. The summed E-state index contributed by atoms with van der Waals surface area (Å²) in [4.78, 5) is 26.4. The zero-order valence-corrected chi connectivity index (χ0v) is 11.1. The van der Waals surface area contributed by atoms with Crippen molar-refractivity contribution in [3.63, 3.8) is 0 Å². The topological polar surface area (TPSA) is 37.4 Å². The van der Waals surface area contributed by atoms with E-state index in [1.54, 1.807) is 24.3 Å². The molecule has 2 rings (SSSR count). The van der Waals surface area contributed by atoms with Crippen molar-refractivity contribution in [1.29, 1.82) is 0 Å². The van der Waals surface area contributed by atoms with Gasteiger partial charge in [-0.05, 0) is 13.8 Å². The fraction of sp³-hybridized carbons (Fsp3) is 0.286. The van der Waals surface area contributed by atoms with Crippen LogP contribution in [-0.2, 0) is 0 Å². The summed E-state index contributed by atoms with van der Waals surface area (Å²) in [6.07, 6.45) is 0. The Morgan fingerprint density at radius 2 is 1.50 bits per heavy atom. The van der Waals surface area contributed by atoms with Gasteiger partial charge in [0.2, 0.25) is 11.6 Å². The van der Waals surface area contributed by atoms with E-state index < -0.39 is 0 Å². The third kappa shape index (κ3) is 1.85. The lowest BCUT2D eigenvalue weighted by Crippen LogP contribution is -2.33. The minimum Gasteiger partial charge on any atom is -0.368 e. The standard InChI is InChI=1S/C14H14ClNO2/c1-3-16(4-2)12-11(15)13(17)9-7-5-6-8-10(9)14(12)18/h5-8H,3-4H2,1-2H3. The predicted molar refractivity (Wildman–Crippen MR) is 70.9 cm³/mol. The van der Waals surface area contributed by atoms with E-state index in [2.05, 4.69) is 0 Å². The molecule has 18 heavy (non-hydrogen) atoms. The normalized spacial score (nSPS) is 14.8. The van der Waals surface area contributed by atoms with Gasteiger partial charge in [-0.25, -0.2) is 0 Å². The summed E-state index contributed by atoms with van der Waals surface area (Å²) in [5.74, 6) is -0.437. The number of benzene rings is 1. The highest BCUT2D eigenvalue weighted by atomic mass is 35.5.